The number of pyridine rings is 2. The van der Waals surface area contributed by atoms with Crippen LogP contribution in [0.4, 0.5) is 21.7 Å². The largest absolute Gasteiger partial charge is 0.366 e. The molecule has 12 rings (SSSR count). The van der Waals surface area contributed by atoms with E-state index in [1.165, 1.54) is 19.3 Å². The Kier molecular flexibility index (Phi) is 12.5. The van der Waals surface area contributed by atoms with Gasteiger partial charge in [-0.25, -0.2) is 19.3 Å². The molecule has 6 aliphatic heterocycles. The lowest BCUT2D eigenvalue weighted by Crippen LogP contribution is -2.59. The average Bonchev–Trinajstić information content (AvgIpc) is 4.07. The molecule has 9 heterocycles. The summed E-state index contributed by atoms with van der Waals surface area (Å²) in [5.74, 6) is 0.540. The number of piperidine rings is 5. The Bertz CT molecular complexity index is 2790. The third-order valence-corrected chi connectivity index (χ3v) is 18.3. The van der Waals surface area contributed by atoms with Crippen molar-refractivity contribution >= 4 is 57.9 Å². The number of alkyl halides is 1. The van der Waals surface area contributed by atoms with Crippen LogP contribution in [0, 0.1) is 11.3 Å². The number of aromatic nitrogens is 4. The number of fused-ring (bicyclic) bond motifs is 3. The number of anilines is 3. The van der Waals surface area contributed by atoms with E-state index in [0.29, 0.717) is 89.9 Å². The fraction of sp³-hybridized carbons (Fsp3) is 0.607. The van der Waals surface area contributed by atoms with E-state index in [4.69, 9.17) is 9.97 Å². The highest BCUT2D eigenvalue weighted by Crippen LogP contribution is 2.53. The summed E-state index contributed by atoms with van der Waals surface area (Å²) in [6.07, 6.45) is 15.1. The van der Waals surface area contributed by atoms with Crippen LogP contribution < -0.4 is 20.4 Å². The zero-order chi connectivity index (χ0) is 50.2. The van der Waals surface area contributed by atoms with E-state index in [1.54, 1.807) is 6.20 Å². The van der Waals surface area contributed by atoms with E-state index in [1.807, 2.05) is 28.3 Å². The summed E-state index contributed by atoms with van der Waals surface area (Å²) in [5.41, 5.74) is 4.45. The van der Waals surface area contributed by atoms with E-state index >= 15 is 9.18 Å². The predicted molar refractivity (Wildman–Crippen MR) is 276 cm³/mol. The lowest BCUT2D eigenvalue weighted by atomic mass is 9.72. The number of imide groups is 1. The van der Waals surface area contributed by atoms with Gasteiger partial charge in [0.15, 0.2) is 5.82 Å². The van der Waals surface area contributed by atoms with Crippen LogP contribution in [0.25, 0.3) is 22.3 Å². The predicted octanol–water partition coefficient (Wildman–Crippen LogP) is 6.89. The number of hydrogen-bond donors (Lipinski definition) is 2. The third kappa shape index (κ3) is 8.64. The van der Waals surface area contributed by atoms with Crippen LogP contribution in [0.15, 0.2) is 48.9 Å². The molecule has 386 valence electrons. The van der Waals surface area contributed by atoms with Gasteiger partial charge in [-0.3, -0.25) is 29.3 Å². The first-order valence-corrected chi connectivity index (χ1v) is 27.5. The molecule has 1 unspecified atom stereocenters. The van der Waals surface area contributed by atoms with E-state index in [0.717, 1.165) is 89.5 Å². The fourth-order valence-electron chi connectivity index (χ4n) is 13.5. The molecule has 0 bridgehead atoms. The maximum atomic E-state index is 15.4. The number of amides is 5. The highest BCUT2D eigenvalue weighted by Gasteiger charge is 2.57. The fourth-order valence-corrected chi connectivity index (χ4v) is 13.5. The molecule has 4 aromatic rings. The number of carbonyl (C=O) groups excluding carboxylic acids is 5. The highest BCUT2D eigenvalue weighted by molar-refractivity contribution is 6.09. The minimum absolute atomic E-state index is 0.0640. The lowest BCUT2D eigenvalue weighted by molar-refractivity contribution is -0.153. The summed E-state index contributed by atoms with van der Waals surface area (Å²) in [6.45, 7) is 8.49. The number of halogens is 1. The van der Waals surface area contributed by atoms with Gasteiger partial charge < -0.3 is 34.4 Å². The minimum Gasteiger partial charge on any atom is -0.366 e. The molecule has 2 saturated carbocycles. The number of benzene rings is 1. The average molecular weight is 996 g/mol. The van der Waals surface area contributed by atoms with Crippen molar-refractivity contribution < 1.29 is 28.4 Å². The molecule has 17 heteroatoms. The van der Waals surface area contributed by atoms with Crippen LogP contribution in [-0.4, -0.2) is 141 Å². The molecule has 8 aliphatic rings. The molecule has 1 spiro atoms. The number of hydrogen-bond acceptors (Lipinski definition) is 11. The quantitative estimate of drug-likeness (QED) is 0.150. The summed E-state index contributed by atoms with van der Waals surface area (Å²) in [7, 11) is 0. The van der Waals surface area contributed by atoms with Crippen molar-refractivity contribution in [2.45, 2.75) is 146 Å². The van der Waals surface area contributed by atoms with Gasteiger partial charge in [0.1, 0.15) is 18.0 Å². The molecular formula is C56H70FN11O5. The number of nitrogens with zero attached hydrogens (tertiary/aromatic N) is 9. The Morgan fingerprint density at radius 3 is 2.23 bits per heavy atom. The van der Waals surface area contributed by atoms with E-state index < -0.39 is 23.4 Å². The van der Waals surface area contributed by atoms with E-state index in [9.17, 15) is 19.2 Å². The van der Waals surface area contributed by atoms with Crippen LogP contribution >= 0.6 is 0 Å². The lowest BCUT2D eigenvalue weighted by Gasteiger charge is -2.48. The van der Waals surface area contributed by atoms with Crippen molar-refractivity contribution in [3.05, 3.63) is 60.0 Å². The van der Waals surface area contributed by atoms with Crippen LogP contribution in [-0.2, 0) is 29.4 Å². The van der Waals surface area contributed by atoms with E-state index in [-0.39, 0.29) is 60.4 Å². The second-order valence-electron chi connectivity index (χ2n) is 23.0. The molecule has 3 aromatic heterocycles. The summed E-state index contributed by atoms with van der Waals surface area (Å²) in [5, 5.41) is 6.10. The topological polar surface area (TPSA) is 169 Å². The summed E-state index contributed by atoms with van der Waals surface area (Å²) in [4.78, 5) is 93.1. The van der Waals surface area contributed by atoms with Gasteiger partial charge in [0.2, 0.25) is 29.5 Å². The van der Waals surface area contributed by atoms with Crippen LogP contribution in [0.5, 0.6) is 0 Å². The standard InChI is InChI=1S/C56H70FN11O5/c1-35(2)67-34-59-45-31-44(61-50(49(45)67)60-39-8-9-39)37-6-11-43-46(28-37)68(41-29-40(30-41)63-20-4-3-5-21-63)54(73)56(43)18-26-66(27-19-56)53(72)55(33-57)16-24-65(25-17-55)52(71)36-14-22-64(23-15-36)47-12-7-38(32-58-47)42-10-13-48(69)62-51(42)70/h6-7,11-12,28,31-32,34-36,39-42H,3-5,8-10,13-27,29-30,33H2,1-2H3,(H,60,61)(H,62,69,70). The molecule has 0 radical (unpaired) electrons. The molecule has 2 N–H and O–H groups in total. The SMILES string of the molecule is CC(C)n1cnc2cc(-c3ccc4c(c3)N(C3CC(N5CCCCC5)C3)C(=O)C43CCN(C(=O)C4(CF)CCN(C(=O)C5CCN(c6ccc(C7CCC(=O)NC7=O)cn6)CC5)CC4)CC3)nc(NC3CC3)c21. The molecule has 1 aromatic carbocycles. The van der Waals surface area contributed by atoms with Crippen molar-refractivity contribution in [3.8, 4) is 11.3 Å². The summed E-state index contributed by atoms with van der Waals surface area (Å²) in [6, 6.07) is 13.5. The summed E-state index contributed by atoms with van der Waals surface area (Å²) >= 11 is 0. The Morgan fingerprint density at radius 2 is 1.56 bits per heavy atom. The number of nitrogens with one attached hydrogen (secondary N) is 2. The Morgan fingerprint density at radius 1 is 0.822 bits per heavy atom. The number of likely N-dealkylation sites (tertiary alicyclic amines) is 3. The van der Waals surface area contributed by atoms with Crippen molar-refractivity contribution in [1.82, 2.24) is 39.5 Å². The van der Waals surface area contributed by atoms with Gasteiger partial charge in [0.25, 0.3) is 0 Å². The van der Waals surface area contributed by atoms with Gasteiger partial charge >= 0.3 is 0 Å². The van der Waals surface area contributed by atoms with Crippen LogP contribution in [0.1, 0.15) is 133 Å². The van der Waals surface area contributed by atoms with Gasteiger partial charge in [-0.05, 0) is 140 Å². The third-order valence-electron chi connectivity index (χ3n) is 18.3. The molecule has 5 amide bonds. The maximum Gasteiger partial charge on any atom is 0.238 e. The number of rotatable bonds is 11. The first-order chi connectivity index (χ1) is 35.4. The van der Waals surface area contributed by atoms with Crippen LogP contribution in [0.2, 0.25) is 0 Å². The van der Waals surface area contributed by atoms with Gasteiger partial charge in [0.05, 0.1) is 34.3 Å². The van der Waals surface area contributed by atoms with Crippen molar-refractivity contribution in [2.75, 3.05) is 74.1 Å². The number of carbonyl (C=O) groups is 5. The summed E-state index contributed by atoms with van der Waals surface area (Å²) < 4.78 is 17.6. The maximum absolute atomic E-state index is 15.4. The smallest absolute Gasteiger partial charge is 0.238 e. The monoisotopic (exact) mass is 996 g/mol. The van der Waals surface area contributed by atoms with Crippen molar-refractivity contribution in [1.29, 1.82) is 0 Å². The normalized spacial score (nSPS) is 25.6. The second-order valence-corrected chi connectivity index (χ2v) is 23.0. The molecule has 7 fully saturated rings. The van der Waals surface area contributed by atoms with Crippen molar-refractivity contribution in [3.63, 3.8) is 0 Å². The van der Waals surface area contributed by atoms with Crippen LogP contribution in [0.3, 0.4) is 0 Å². The number of imidazole rings is 1. The van der Waals surface area contributed by atoms with Gasteiger partial charge in [-0.1, -0.05) is 24.6 Å². The highest BCUT2D eigenvalue weighted by atomic mass is 19.1. The van der Waals surface area contributed by atoms with E-state index in [2.05, 4.69) is 73.0 Å². The molecular weight excluding hydrogens is 926 g/mol. The second kappa shape index (κ2) is 19.1. The van der Waals surface area contributed by atoms with Gasteiger partial charge in [-0.2, -0.15) is 0 Å². The molecule has 73 heavy (non-hydrogen) atoms. The van der Waals surface area contributed by atoms with Gasteiger partial charge in [-0.15, -0.1) is 0 Å². The molecule has 5 saturated heterocycles. The zero-order valence-electron chi connectivity index (χ0n) is 42.5. The first kappa shape index (κ1) is 48.0. The first-order valence-electron chi connectivity index (χ1n) is 27.5. The molecule has 16 nitrogen and oxygen atoms in total. The zero-order valence-corrected chi connectivity index (χ0v) is 42.5. The van der Waals surface area contributed by atoms with Gasteiger partial charge in [0, 0.05) is 93.2 Å². The Hall–Kier alpha value is -5.97. The minimum atomic E-state index is -1.20. The Balaban J connectivity index is 0.714. The Labute approximate surface area is 426 Å². The molecule has 1 atom stereocenters. The van der Waals surface area contributed by atoms with Crippen molar-refractivity contribution in [2.24, 2.45) is 11.3 Å². The molecule has 2 aliphatic carbocycles.